The van der Waals surface area contributed by atoms with Gasteiger partial charge < -0.3 is 14.2 Å². The van der Waals surface area contributed by atoms with Crippen LogP contribution in [0, 0.1) is 0 Å². The SMILES string of the molecule is CCCCC/C=C\C=C/CCCCCCCCC(=O)OC(COC(=O)CCCCCCCCC/C=C\CCCCCCCC)COC(=O)CCCCCCCCCCCCC. The Balaban J connectivity index is 4.35. The summed E-state index contributed by atoms with van der Waals surface area (Å²) in [7, 11) is 0. The van der Waals surface area contributed by atoms with Crippen molar-refractivity contribution >= 4 is 17.9 Å². The Morgan fingerprint density at radius 2 is 0.590 bits per heavy atom. The molecule has 61 heavy (non-hydrogen) atoms. The van der Waals surface area contributed by atoms with Crippen LogP contribution >= 0.6 is 0 Å². The highest BCUT2D eigenvalue weighted by molar-refractivity contribution is 5.71. The average molecular weight is 857 g/mol. The molecular weight excluding hydrogens is 757 g/mol. The van der Waals surface area contributed by atoms with Crippen LogP contribution in [0.25, 0.3) is 0 Å². The molecule has 0 aromatic carbocycles. The summed E-state index contributed by atoms with van der Waals surface area (Å²) in [5, 5.41) is 0. The largest absolute Gasteiger partial charge is 0.462 e. The standard InChI is InChI=1S/C55H100O6/c1-4-7-10-13-16-19-22-24-26-27-29-30-33-36-39-42-45-48-54(57)60-51-52(50-59-53(56)47-44-41-38-35-32-21-18-15-12-9-6-3)61-55(58)49-46-43-40-37-34-31-28-25-23-20-17-14-11-8-5-2/h17,20,23-26,52H,4-16,18-19,21-22,27-51H2,1-3H3/b20-17-,25-23-,26-24-. The van der Waals surface area contributed by atoms with E-state index in [4.69, 9.17) is 14.2 Å². The highest BCUT2D eigenvalue weighted by atomic mass is 16.6. The minimum atomic E-state index is -0.776. The van der Waals surface area contributed by atoms with Crippen molar-refractivity contribution in [1.82, 2.24) is 0 Å². The van der Waals surface area contributed by atoms with Gasteiger partial charge in [0.15, 0.2) is 6.10 Å². The van der Waals surface area contributed by atoms with Crippen molar-refractivity contribution in [3.8, 4) is 0 Å². The Labute approximate surface area is 378 Å². The van der Waals surface area contributed by atoms with E-state index >= 15 is 0 Å². The van der Waals surface area contributed by atoms with Gasteiger partial charge in [-0.2, -0.15) is 0 Å². The summed E-state index contributed by atoms with van der Waals surface area (Å²) >= 11 is 0. The van der Waals surface area contributed by atoms with Crippen LogP contribution < -0.4 is 0 Å². The maximum absolute atomic E-state index is 12.8. The first-order valence-corrected chi connectivity index (χ1v) is 26.5. The van der Waals surface area contributed by atoms with E-state index in [9.17, 15) is 14.4 Å². The van der Waals surface area contributed by atoms with Crippen molar-refractivity contribution in [1.29, 1.82) is 0 Å². The Morgan fingerprint density at radius 1 is 0.328 bits per heavy atom. The van der Waals surface area contributed by atoms with E-state index in [1.54, 1.807) is 0 Å². The van der Waals surface area contributed by atoms with Crippen LogP contribution in [-0.2, 0) is 28.6 Å². The van der Waals surface area contributed by atoms with Crippen molar-refractivity contribution < 1.29 is 28.6 Å². The predicted octanol–water partition coefficient (Wildman–Crippen LogP) is 17.3. The van der Waals surface area contributed by atoms with Crippen molar-refractivity contribution in [2.45, 2.75) is 284 Å². The first-order valence-electron chi connectivity index (χ1n) is 26.5. The number of ether oxygens (including phenoxy) is 3. The third kappa shape index (κ3) is 48.5. The quantitative estimate of drug-likeness (QED) is 0.0199. The number of carbonyl (C=O) groups excluding carboxylic acids is 3. The maximum atomic E-state index is 12.8. The molecule has 0 aliphatic heterocycles. The van der Waals surface area contributed by atoms with Gasteiger partial charge >= 0.3 is 17.9 Å². The second-order valence-corrected chi connectivity index (χ2v) is 17.8. The molecule has 0 heterocycles. The molecule has 0 amide bonds. The van der Waals surface area contributed by atoms with Gasteiger partial charge in [-0.15, -0.1) is 0 Å². The van der Waals surface area contributed by atoms with Crippen LogP contribution in [0.5, 0.6) is 0 Å². The zero-order valence-corrected chi connectivity index (χ0v) is 40.7. The van der Waals surface area contributed by atoms with Gasteiger partial charge in [0.1, 0.15) is 13.2 Å². The number of unbranched alkanes of at least 4 members (excludes halogenated alkanes) is 32. The molecular formula is C55H100O6. The highest BCUT2D eigenvalue weighted by Crippen LogP contribution is 2.15. The van der Waals surface area contributed by atoms with Crippen molar-refractivity contribution in [2.24, 2.45) is 0 Å². The summed E-state index contributed by atoms with van der Waals surface area (Å²) in [5.74, 6) is -0.882. The molecule has 6 nitrogen and oxygen atoms in total. The van der Waals surface area contributed by atoms with Gasteiger partial charge in [-0.05, 0) is 70.6 Å². The van der Waals surface area contributed by atoms with E-state index in [2.05, 4.69) is 57.2 Å². The fraction of sp³-hybridized carbons (Fsp3) is 0.836. The molecule has 1 unspecified atom stereocenters. The van der Waals surface area contributed by atoms with Gasteiger partial charge in [0.25, 0.3) is 0 Å². The molecule has 0 aliphatic rings. The summed E-state index contributed by atoms with van der Waals surface area (Å²) < 4.78 is 16.8. The van der Waals surface area contributed by atoms with Crippen LogP contribution in [0.1, 0.15) is 278 Å². The number of hydrogen-bond donors (Lipinski definition) is 0. The molecule has 0 saturated carbocycles. The molecule has 0 saturated heterocycles. The minimum Gasteiger partial charge on any atom is -0.462 e. The number of carbonyl (C=O) groups is 3. The second kappa shape index (κ2) is 50.3. The highest BCUT2D eigenvalue weighted by Gasteiger charge is 2.19. The molecule has 1 atom stereocenters. The first-order chi connectivity index (χ1) is 30.0. The Hall–Kier alpha value is -2.37. The molecule has 356 valence electrons. The van der Waals surface area contributed by atoms with Crippen LogP contribution in [0.15, 0.2) is 36.5 Å². The normalized spacial score (nSPS) is 12.2. The van der Waals surface area contributed by atoms with E-state index in [1.807, 2.05) is 0 Å². The van der Waals surface area contributed by atoms with Crippen LogP contribution in [-0.4, -0.2) is 37.2 Å². The molecule has 0 spiro atoms. The fourth-order valence-corrected chi connectivity index (χ4v) is 7.60. The smallest absolute Gasteiger partial charge is 0.306 e. The van der Waals surface area contributed by atoms with Gasteiger partial charge in [-0.1, -0.05) is 224 Å². The summed E-state index contributed by atoms with van der Waals surface area (Å²) in [5.41, 5.74) is 0. The summed E-state index contributed by atoms with van der Waals surface area (Å²) in [6.07, 6.45) is 58.4. The number of rotatable bonds is 48. The van der Waals surface area contributed by atoms with Gasteiger partial charge in [-0.3, -0.25) is 14.4 Å². The van der Waals surface area contributed by atoms with E-state index in [0.717, 1.165) is 64.2 Å². The lowest BCUT2D eigenvalue weighted by Gasteiger charge is -2.18. The third-order valence-electron chi connectivity index (χ3n) is 11.6. The van der Waals surface area contributed by atoms with E-state index < -0.39 is 6.10 Å². The van der Waals surface area contributed by atoms with Crippen molar-refractivity contribution in [2.75, 3.05) is 13.2 Å². The summed E-state index contributed by atoms with van der Waals surface area (Å²) in [6, 6.07) is 0. The van der Waals surface area contributed by atoms with E-state index in [-0.39, 0.29) is 31.1 Å². The number of esters is 3. The lowest BCUT2D eigenvalue weighted by molar-refractivity contribution is -0.167. The number of allylic oxidation sites excluding steroid dienone is 6. The van der Waals surface area contributed by atoms with Gasteiger partial charge in [0.2, 0.25) is 0 Å². The zero-order chi connectivity index (χ0) is 44.4. The maximum Gasteiger partial charge on any atom is 0.306 e. The minimum absolute atomic E-state index is 0.0755. The second-order valence-electron chi connectivity index (χ2n) is 17.8. The van der Waals surface area contributed by atoms with Crippen LogP contribution in [0.2, 0.25) is 0 Å². The molecule has 0 aliphatic carbocycles. The Morgan fingerprint density at radius 3 is 0.951 bits per heavy atom. The Kier molecular flexibility index (Phi) is 48.3. The summed E-state index contributed by atoms with van der Waals surface area (Å²) in [6.45, 7) is 6.61. The number of hydrogen-bond acceptors (Lipinski definition) is 6. The lowest BCUT2D eigenvalue weighted by Crippen LogP contribution is -2.30. The van der Waals surface area contributed by atoms with Crippen LogP contribution in [0.4, 0.5) is 0 Å². The molecule has 0 fully saturated rings. The molecule has 0 N–H and O–H groups in total. The third-order valence-corrected chi connectivity index (χ3v) is 11.6. The average Bonchev–Trinajstić information content (AvgIpc) is 3.26. The van der Waals surface area contributed by atoms with E-state index in [0.29, 0.717) is 19.3 Å². The molecule has 0 aromatic heterocycles. The topological polar surface area (TPSA) is 78.9 Å². The van der Waals surface area contributed by atoms with Crippen molar-refractivity contribution in [3.05, 3.63) is 36.5 Å². The van der Waals surface area contributed by atoms with Crippen LogP contribution in [0.3, 0.4) is 0 Å². The Bertz CT molecular complexity index is 1030. The van der Waals surface area contributed by atoms with Crippen molar-refractivity contribution in [3.63, 3.8) is 0 Å². The summed E-state index contributed by atoms with van der Waals surface area (Å²) in [4.78, 5) is 38.0. The van der Waals surface area contributed by atoms with E-state index in [1.165, 1.54) is 173 Å². The monoisotopic (exact) mass is 857 g/mol. The van der Waals surface area contributed by atoms with Gasteiger partial charge in [0.05, 0.1) is 0 Å². The zero-order valence-electron chi connectivity index (χ0n) is 40.7. The lowest BCUT2D eigenvalue weighted by atomic mass is 10.1. The molecule has 0 rings (SSSR count). The molecule has 0 bridgehead atoms. The molecule has 6 heteroatoms. The predicted molar refractivity (Wildman–Crippen MR) is 261 cm³/mol. The first kappa shape index (κ1) is 58.6. The fourth-order valence-electron chi connectivity index (χ4n) is 7.60. The molecule has 0 aromatic rings. The molecule has 0 radical (unpaired) electrons. The van der Waals surface area contributed by atoms with Gasteiger partial charge in [-0.25, -0.2) is 0 Å². The van der Waals surface area contributed by atoms with Gasteiger partial charge in [0, 0.05) is 19.3 Å².